The summed E-state index contributed by atoms with van der Waals surface area (Å²) in [5, 5.41) is 0. The number of carbonyl (C=O) groups is 2. The number of hydrogen-bond donors (Lipinski definition) is 0. The number of hydrogen-bond acceptors (Lipinski definition) is 2. The van der Waals surface area contributed by atoms with Crippen molar-refractivity contribution in [3.63, 3.8) is 0 Å². The number of rotatable bonds is 6. The number of carbonyl (C=O) groups excluding carboxylic acids is 2. The highest BCUT2D eigenvalue weighted by atomic mass is 16.1. The molecule has 2 aliphatic rings. The van der Waals surface area contributed by atoms with E-state index in [1.165, 1.54) is 36.0 Å². The van der Waals surface area contributed by atoms with Gasteiger partial charge in [-0.15, -0.1) is 0 Å². The van der Waals surface area contributed by atoms with Crippen LogP contribution in [0.25, 0.3) is 0 Å². The monoisotopic (exact) mass is 420 g/mol. The van der Waals surface area contributed by atoms with Crippen molar-refractivity contribution >= 4 is 11.6 Å². The first kappa shape index (κ1) is 25.0. The highest BCUT2D eigenvalue weighted by molar-refractivity contribution is 6.22. The van der Waals surface area contributed by atoms with Crippen LogP contribution in [-0.4, -0.2) is 11.6 Å². The minimum atomic E-state index is -0.0147. The lowest BCUT2D eigenvalue weighted by molar-refractivity contribution is -0.126. The predicted octanol–water partition coefficient (Wildman–Crippen LogP) is 7.65. The predicted molar refractivity (Wildman–Crippen MR) is 132 cm³/mol. The van der Waals surface area contributed by atoms with Crippen molar-refractivity contribution in [2.75, 3.05) is 0 Å². The number of Topliss-reactive ketones (excluding diaryl/α,β-unsaturated/α-hetero) is 2. The van der Waals surface area contributed by atoms with E-state index in [1.807, 2.05) is 25.2 Å². The van der Waals surface area contributed by atoms with Gasteiger partial charge in [0.1, 0.15) is 0 Å². The van der Waals surface area contributed by atoms with E-state index in [0.29, 0.717) is 24.3 Å². The molecule has 168 valence electrons. The molecule has 0 aromatic carbocycles. The van der Waals surface area contributed by atoms with Gasteiger partial charge >= 0.3 is 0 Å². The van der Waals surface area contributed by atoms with Gasteiger partial charge in [0, 0.05) is 12.8 Å². The topological polar surface area (TPSA) is 34.1 Å². The standard InChI is InChI=1S/C29H40O2/c1-20(2)24-18-27(30)25(28(31)19-24)15-13-21(3)10-8-11-22(4)14-16-26-23(5)12-9-17-29(26,6)7/h8,10-11,13-16,20,24H,9,12,17-19H2,1-7H3/b10-8+,16-14+,21-13+,22-11+,25-15?. The van der Waals surface area contributed by atoms with Crippen molar-refractivity contribution in [3.8, 4) is 0 Å². The quantitative estimate of drug-likeness (QED) is 0.251. The first-order valence-corrected chi connectivity index (χ1v) is 11.7. The van der Waals surface area contributed by atoms with E-state index in [9.17, 15) is 9.59 Å². The number of allylic oxidation sites excluding steroid dienone is 12. The molecule has 0 bridgehead atoms. The van der Waals surface area contributed by atoms with Gasteiger partial charge in [-0.1, -0.05) is 80.9 Å². The molecular weight excluding hydrogens is 380 g/mol. The van der Waals surface area contributed by atoms with Crippen LogP contribution in [-0.2, 0) is 9.59 Å². The molecule has 0 spiro atoms. The summed E-state index contributed by atoms with van der Waals surface area (Å²) in [4.78, 5) is 24.7. The Hall–Kier alpha value is -2.22. The molecule has 0 heterocycles. The van der Waals surface area contributed by atoms with Gasteiger partial charge in [-0.2, -0.15) is 0 Å². The van der Waals surface area contributed by atoms with Gasteiger partial charge in [-0.25, -0.2) is 0 Å². The molecule has 2 heteroatoms. The first-order chi connectivity index (χ1) is 14.5. The summed E-state index contributed by atoms with van der Waals surface area (Å²) in [6, 6.07) is 0. The lowest BCUT2D eigenvalue weighted by Gasteiger charge is -2.32. The molecule has 31 heavy (non-hydrogen) atoms. The third-order valence-electron chi connectivity index (χ3n) is 6.73. The van der Waals surface area contributed by atoms with Crippen LogP contribution in [0.5, 0.6) is 0 Å². The third kappa shape index (κ3) is 7.16. The minimum absolute atomic E-state index is 0.0147. The summed E-state index contributed by atoms with van der Waals surface area (Å²) in [5.74, 6) is 0.517. The van der Waals surface area contributed by atoms with Crippen LogP contribution in [0, 0.1) is 17.3 Å². The Balaban J connectivity index is 2.02. The van der Waals surface area contributed by atoms with Crippen molar-refractivity contribution in [3.05, 3.63) is 70.4 Å². The largest absolute Gasteiger partial charge is 0.294 e. The Morgan fingerprint density at radius 1 is 1.00 bits per heavy atom. The van der Waals surface area contributed by atoms with Gasteiger partial charge < -0.3 is 0 Å². The van der Waals surface area contributed by atoms with E-state index in [4.69, 9.17) is 0 Å². The molecular formula is C29H40O2. The molecule has 0 radical (unpaired) electrons. The Morgan fingerprint density at radius 3 is 2.19 bits per heavy atom. The van der Waals surface area contributed by atoms with Crippen molar-refractivity contribution < 1.29 is 9.59 Å². The average Bonchev–Trinajstić information content (AvgIpc) is 2.66. The maximum absolute atomic E-state index is 12.3. The molecule has 0 atom stereocenters. The Morgan fingerprint density at radius 2 is 1.61 bits per heavy atom. The van der Waals surface area contributed by atoms with Crippen molar-refractivity contribution in [1.29, 1.82) is 0 Å². The van der Waals surface area contributed by atoms with Gasteiger partial charge in [0.15, 0.2) is 11.6 Å². The fourth-order valence-electron chi connectivity index (χ4n) is 4.48. The van der Waals surface area contributed by atoms with Gasteiger partial charge in [0.25, 0.3) is 0 Å². The highest BCUT2D eigenvalue weighted by Gasteiger charge is 2.31. The van der Waals surface area contributed by atoms with Gasteiger partial charge in [0.05, 0.1) is 5.57 Å². The molecule has 2 nitrogen and oxygen atoms in total. The highest BCUT2D eigenvalue weighted by Crippen LogP contribution is 2.40. The second kappa shape index (κ2) is 10.9. The van der Waals surface area contributed by atoms with Crippen LogP contribution in [0.1, 0.15) is 80.6 Å². The maximum atomic E-state index is 12.3. The molecule has 0 amide bonds. The molecule has 2 aliphatic carbocycles. The smallest absolute Gasteiger partial charge is 0.166 e. The Bertz CT molecular complexity index is 862. The molecule has 1 saturated carbocycles. The van der Waals surface area contributed by atoms with Crippen LogP contribution >= 0.6 is 0 Å². The van der Waals surface area contributed by atoms with Crippen molar-refractivity contribution in [2.24, 2.45) is 17.3 Å². The molecule has 0 aliphatic heterocycles. The third-order valence-corrected chi connectivity index (χ3v) is 6.73. The molecule has 2 rings (SSSR count). The zero-order valence-electron chi connectivity index (χ0n) is 20.5. The Kier molecular flexibility index (Phi) is 8.79. The van der Waals surface area contributed by atoms with Crippen LogP contribution in [0.4, 0.5) is 0 Å². The molecule has 0 aromatic rings. The van der Waals surface area contributed by atoms with Crippen LogP contribution in [0.3, 0.4) is 0 Å². The second-order valence-corrected chi connectivity index (χ2v) is 10.3. The summed E-state index contributed by atoms with van der Waals surface area (Å²) in [6.45, 7) is 15.2. The lowest BCUT2D eigenvalue weighted by Crippen LogP contribution is -2.28. The van der Waals surface area contributed by atoms with Gasteiger partial charge in [-0.05, 0) is 68.9 Å². The van der Waals surface area contributed by atoms with Crippen LogP contribution < -0.4 is 0 Å². The molecule has 0 N–H and O–H groups in total. The summed E-state index contributed by atoms with van der Waals surface area (Å²) < 4.78 is 0. The van der Waals surface area contributed by atoms with Crippen LogP contribution in [0.2, 0.25) is 0 Å². The minimum Gasteiger partial charge on any atom is -0.294 e. The van der Waals surface area contributed by atoms with Gasteiger partial charge in [0.2, 0.25) is 0 Å². The molecule has 0 unspecified atom stereocenters. The normalized spacial score (nSPS) is 23.6. The summed E-state index contributed by atoms with van der Waals surface area (Å²) in [7, 11) is 0. The van der Waals surface area contributed by atoms with E-state index in [-0.39, 0.29) is 22.9 Å². The summed E-state index contributed by atoms with van der Waals surface area (Å²) in [6.07, 6.45) is 18.9. The van der Waals surface area contributed by atoms with E-state index in [2.05, 4.69) is 59.8 Å². The fourth-order valence-corrected chi connectivity index (χ4v) is 4.48. The number of ketones is 2. The maximum Gasteiger partial charge on any atom is 0.166 e. The fraction of sp³-hybridized carbons (Fsp3) is 0.517. The van der Waals surface area contributed by atoms with E-state index in [1.54, 1.807) is 6.08 Å². The SMILES string of the molecule is CC1=C(/C=C/C(C)=C/C=C/C(C)=C/C=C2C(=O)CC(C(C)C)CC2=O)C(C)(C)CCC1. The molecule has 0 aromatic heterocycles. The summed E-state index contributed by atoms with van der Waals surface area (Å²) in [5.41, 5.74) is 5.80. The van der Waals surface area contributed by atoms with Crippen LogP contribution in [0.15, 0.2) is 70.4 Å². The molecule has 0 saturated heterocycles. The second-order valence-electron chi connectivity index (χ2n) is 10.3. The zero-order valence-corrected chi connectivity index (χ0v) is 20.5. The average molecular weight is 421 g/mol. The van der Waals surface area contributed by atoms with Crippen molar-refractivity contribution in [2.45, 2.75) is 80.6 Å². The lowest BCUT2D eigenvalue weighted by atomic mass is 9.72. The van der Waals surface area contributed by atoms with Gasteiger partial charge in [-0.3, -0.25) is 9.59 Å². The van der Waals surface area contributed by atoms with E-state index >= 15 is 0 Å². The Labute approximate surface area is 189 Å². The summed E-state index contributed by atoms with van der Waals surface area (Å²) >= 11 is 0. The zero-order chi connectivity index (χ0) is 23.2. The first-order valence-electron chi connectivity index (χ1n) is 11.7. The van der Waals surface area contributed by atoms with Crippen molar-refractivity contribution in [1.82, 2.24) is 0 Å². The van der Waals surface area contributed by atoms with E-state index in [0.717, 1.165) is 5.57 Å². The molecule has 1 fully saturated rings. The van der Waals surface area contributed by atoms with E-state index < -0.39 is 0 Å².